The number of hydrogen-bond acceptors (Lipinski definition) is 3. The van der Waals surface area contributed by atoms with E-state index in [2.05, 4.69) is 10.3 Å². The van der Waals surface area contributed by atoms with Gasteiger partial charge in [0.2, 0.25) is 5.91 Å². The molecule has 2 aromatic rings. The lowest BCUT2D eigenvalue weighted by Crippen LogP contribution is -2.45. The summed E-state index contributed by atoms with van der Waals surface area (Å²) in [4.78, 5) is 38.5. The van der Waals surface area contributed by atoms with Gasteiger partial charge in [0, 0.05) is 6.54 Å². The Labute approximate surface area is 138 Å². The molecule has 0 atom stereocenters. The quantitative estimate of drug-likeness (QED) is 0.772. The minimum absolute atomic E-state index is 0.109. The summed E-state index contributed by atoms with van der Waals surface area (Å²) in [5.74, 6) is -1.21. The number of carboxylic acids is 1. The molecule has 7 nitrogen and oxygen atoms in total. The molecule has 1 aromatic heterocycles. The van der Waals surface area contributed by atoms with E-state index in [9.17, 15) is 19.5 Å². The molecule has 1 amide bonds. The van der Waals surface area contributed by atoms with Crippen LogP contribution in [0, 0.1) is 5.41 Å². The van der Waals surface area contributed by atoms with Gasteiger partial charge in [0.1, 0.15) is 6.54 Å². The van der Waals surface area contributed by atoms with Crippen molar-refractivity contribution in [3.05, 3.63) is 34.7 Å². The van der Waals surface area contributed by atoms with Crippen molar-refractivity contribution in [3.8, 4) is 0 Å². The Morgan fingerprint density at radius 2 is 1.92 bits per heavy atom. The number of rotatable bonds is 5. The number of amides is 1. The number of benzene rings is 1. The number of aliphatic carboxylic acids is 1. The van der Waals surface area contributed by atoms with Crippen molar-refractivity contribution in [2.75, 3.05) is 6.54 Å². The van der Waals surface area contributed by atoms with Gasteiger partial charge in [-0.2, -0.15) is 0 Å². The van der Waals surface area contributed by atoms with Crippen LogP contribution in [-0.4, -0.2) is 33.1 Å². The molecule has 0 saturated heterocycles. The minimum Gasteiger partial charge on any atom is -0.481 e. The van der Waals surface area contributed by atoms with Crippen molar-refractivity contribution in [2.45, 2.75) is 38.6 Å². The van der Waals surface area contributed by atoms with E-state index >= 15 is 0 Å². The lowest BCUT2D eigenvalue weighted by Gasteiger charge is -2.33. The number of aromatic nitrogens is 2. The lowest BCUT2D eigenvalue weighted by molar-refractivity contribution is -0.151. The molecule has 1 aliphatic rings. The van der Waals surface area contributed by atoms with Crippen LogP contribution in [0.5, 0.6) is 0 Å². The topological polar surface area (TPSA) is 104 Å². The maximum absolute atomic E-state index is 12.2. The van der Waals surface area contributed by atoms with Crippen LogP contribution < -0.4 is 11.0 Å². The molecule has 0 spiro atoms. The van der Waals surface area contributed by atoms with Gasteiger partial charge in [-0.3, -0.25) is 14.2 Å². The molecule has 0 radical (unpaired) electrons. The Hall–Kier alpha value is -2.57. The zero-order valence-electron chi connectivity index (χ0n) is 13.4. The van der Waals surface area contributed by atoms with E-state index in [4.69, 9.17) is 0 Å². The first-order valence-corrected chi connectivity index (χ1v) is 8.19. The SMILES string of the molecule is O=C(Cn1c(=O)[nH]c2ccccc21)NCC1(C(=O)O)CCCCC1. The van der Waals surface area contributed by atoms with Crippen molar-refractivity contribution >= 4 is 22.9 Å². The Morgan fingerprint density at radius 1 is 1.21 bits per heavy atom. The van der Waals surface area contributed by atoms with Crippen molar-refractivity contribution in [2.24, 2.45) is 5.41 Å². The molecule has 0 unspecified atom stereocenters. The molecule has 0 aliphatic heterocycles. The highest BCUT2D eigenvalue weighted by Gasteiger charge is 2.39. The second kappa shape index (κ2) is 6.51. The van der Waals surface area contributed by atoms with Gasteiger partial charge in [-0.05, 0) is 25.0 Å². The number of aromatic amines is 1. The number of para-hydroxylation sites is 2. The summed E-state index contributed by atoms with van der Waals surface area (Å²) in [6.07, 6.45) is 3.92. The van der Waals surface area contributed by atoms with E-state index in [0.717, 1.165) is 19.3 Å². The van der Waals surface area contributed by atoms with Gasteiger partial charge in [-0.25, -0.2) is 4.79 Å². The fourth-order valence-corrected chi connectivity index (χ4v) is 3.43. The Bertz CT molecular complexity index is 815. The first-order valence-electron chi connectivity index (χ1n) is 8.19. The molecule has 1 aromatic carbocycles. The highest BCUT2D eigenvalue weighted by Crippen LogP contribution is 2.35. The number of H-pyrrole nitrogens is 1. The van der Waals surface area contributed by atoms with Gasteiger partial charge in [0.05, 0.1) is 16.4 Å². The van der Waals surface area contributed by atoms with Crippen molar-refractivity contribution in [1.82, 2.24) is 14.9 Å². The molecule has 0 bridgehead atoms. The van der Waals surface area contributed by atoms with Crippen LogP contribution >= 0.6 is 0 Å². The normalized spacial score (nSPS) is 16.8. The standard InChI is InChI=1S/C17H21N3O4/c21-14(18-11-17(15(22)23)8-4-1-5-9-17)10-20-13-7-3-2-6-12(13)19-16(20)24/h2-3,6-7H,1,4-5,8-11H2,(H,18,21)(H,19,24)(H,22,23). The third-order valence-corrected chi connectivity index (χ3v) is 4.87. The summed E-state index contributed by atoms with van der Waals surface area (Å²) in [5, 5.41) is 12.2. The van der Waals surface area contributed by atoms with Gasteiger partial charge in [0.15, 0.2) is 0 Å². The zero-order chi connectivity index (χ0) is 17.2. The number of hydrogen-bond donors (Lipinski definition) is 3. The fourth-order valence-electron chi connectivity index (χ4n) is 3.43. The molecule has 1 aliphatic carbocycles. The number of nitrogens with zero attached hydrogens (tertiary/aromatic N) is 1. The van der Waals surface area contributed by atoms with Gasteiger partial charge >= 0.3 is 11.7 Å². The monoisotopic (exact) mass is 331 g/mol. The zero-order valence-corrected chi connectivity index (χ0v) is 13.4. The minimum atomic E-state index is -0.876. The molecular formula is C17H21N3O4. The highest BCUT2D eigenvalue weighted by atomic mass is 16.4. The first kappa shape index (κ1) is 16.3. The Morgan fingerprint density at radius 3 is 2.62 bits per heavy atom. The maximum Gasteiger partial charge on any atom is 0.326 e. The van der Waals surface area contributed by atoms with Crippen molar-refractivity contribution < 1.29 is 14.7 Å². The number of carbonyl (C=O) groups excluding carboxylic acids is 1. The molecule has 1 fully saturated rings. The molecule has 128 valence electrons. The summed E-state index contributed by atoms with van der Waals surface area (Å²) in [5.41, 5.74) is 0.101. The Kier molecular flexibility index (Phi) is 4.42. The summed E-state index contributed by atoms with van der Waals surface area (Å²) in [7, 11) is 0. The van der Waals surface area contributed by atoms with Crippen LogP contribution in [0.3, 0.4) is 0 Å². The first-order chi connectivity index (χ1) is 11.5. The molecule has 3 rings (SSSR count). The van der Waals surface area contributed by atoms with E-state index in [0.29, 0.717) is 23.9 Å². The number of carboxylic acid groups (broad SMARTS) is 1. The predicted octanol–water partition coefficient (Wildman–Crippen LogP) is 1.48. The largest absolute Gasteiger partial charge is 0.481 e. The lowest BCUT2D eigenvalue weighted by atomic mass is 9.74. The molecule has 1 heterocycles. The molecule has 7 heteroatoms. The van der Waals surface area contributed by atoms with Crippen LogP contribution in [0.25, 0.3) is 11.0 Å². The van der Waals surface area contributed by atoms with Crippen molar-refractivity contribution in [1.29, 1.82) is 0 Å². The summed E-state index contributed by atoms with van der Waals surface area (Å²) in [6, 6.07) is 7.14. The smallest absolute Gasteiger partial charge is 0.326 e. The van der Waals surface area contributed by atoms with E-state index in [1.807, 2.05) is 6.07 Å². The second-order valence-electron chi connectivity index (χ2n) is 6.46. The van der Waals surface area contributed by atoms with Crippen molar-refractivity contribution in [3.63, 3.8) is 0 Å². The van der Waals surface area contributed by atoms with Crippen LogP contribution in [-0.2, 0) is 16.1 Å². The van der Waals surface area contributed by atoms with E-state index in [1.54, 1.807) is 18.2 Å². The van der Waals surface area contributed by atoms with Gasteiger partial charge in [0.25, 0.3) is 0 Å². The molecule has 1 saturated carbocycles. The molecular weight excluding hydrogens is 310 g/mol. The molecule has 24 heavy (non-hydrogen) atoms. The van der Waals surface area contributed by atoms with E-state index in [-0.39, 0.29) is 24.7 Å². The number of fused-ring (bicyclic) bond motifs is 1. The third kappa shape index (κ3) is 3.06. The highest BCUT2D eigenvalue weighted by molar-refractivity contribution is 5.81. The molecule has 3 N–H and O–H groups in total. The van der Waals surface area contributed by atoms with Crippen LogP contribution in [0.1, 0.15) is 32.1 Å². The number of carbonyl (C=O) groups is 2. The van der Waals surface area contributed by atoms with Gasteiger partial charge < -0.3 is 15.4 Å². The van der Waals surface area contributed by atoms with Gasteiger partial charge in [-0.15, -0.1) is 0 Å². The van der Waals surface area contributed by atoms with E-state index in [1.165, 1.54) is 4.57 Å². The summed E-state index contributed by atoms with van der Waals surface area (Å²) >= 11 is 0. The van der Waals surface area contributed by atoms with Crippen LogP contribution in [0.2, 0.25) is 0 Å². The predicted molar refractivity (Wildman–Crippen MR) is 88.7 cm³/mol. The second-order valence-corrected chi connectivity index (χ2v) is 6.46. The third-order valence-electron chi connectivity index (χ3n) is 4.87. The number of nitrogens with one attached hydrogen (secondary N) is 2. The van der Waals surface area contributed by atoms with Crippen LogP contribution in [0.4, 0.5) is 0 Å². The number of imidazole rings is 1. The maximum atomic E-state index is 12.2. The Balaban J connectivity index is 1.70. The van der Waals surface area contributed by atoms with Gasteiger partial charge in [-0.1, -0.05) is 31.4 Å². The fraction of sp³-hybridized carbons (Fsp3) is 0.471. The van der Waals surface area contributed by atoms with Crippen LogP contribution in [0.15, 0.2) is 29.1 Å². The van der Waals surface area contributed by atoms with E-state index < -0.39 is 11.4 Å². The summed E-state index contributed by atoms with van der Waals surface area (Å²) < 4.78 is 1.36. The average Bonchev–Trinajstić information content (AvgIpc) is 2.89. The average molecular weight is 331 g/mol. The summed E-state index contributed by atoms with van der Waals surface area (Å²) in [6.45, 7) is -0.0170.